The SMILES string of the molecule is COCCN1C(=O)N(c2ccc(F)cc2)C(=O)[C@H]1CC(=O)Nc1ccc(F)cc1. The van der Waals surface area contributed by atoms with Gasteiger partial charge < -0.3 is 15.0 Å². The summed E-state index contributed by atoms with van der Waals surface area (Å²) in [7, 11) is 1.45. The van der Waals surface area contributed by atoms with Crippen molar-refractivity contribution in [2.24, 2.45) is 0 Å². The maximum atomic E-state index is 13.2. The van der Waals surface area contributed by atoms with Crippen LogP contribution < -0.4 is 10.2 Å². The van der Waals surface area contributed by atoms with Crippen LogP contribution in [0, 0.1) is 11.6 Å². The molecule has 0 radical (unpaired) electrons. The van der Waals surface area contributed by atoms with E-state index in [0.717, 1.165) is 17.0 Å². The summed E-state index contributed by atoms with van der Waals surface area (Å²) in [5, 5.41) is 2.57. The lowest BCUT2D eigenvalue weighted by molar-refractivity contribution is -0.124. The molecule has 1 fully saturated rings. The van der Waals surface area contributed by atoms with Crippen molar-refractivity contribution in [3.05, 3.63) is 60.2 Å². The second-order valence-electron chi connectivity index (χ2n) is 6.39. The van der Waals surface area contributed by atoms with Crippen LogP contribution in [0.15, 0.2) is 48.5 Å². The Bertz CT molecular complexity index is 903. The summed E-state index contributed by atoms with van der Waals surface area (Å²) in [4.78, 5) is 40.3. The van der Waals surface area contributed by atoms with E-state index in [9.17, 15) is 23.2 Å². The van der Waals surface area contributed by atoms with Crippen LogP contribution in [0.4, 0.5) is 25.0 Å². The van der Waals surface area contributed by atoms with Gasteiger partial charge in [0.25, 0.3) is 5.91 Å². The largest absolute Gasteiger partial charge is 0.383 e. The van der Waals surface area contributed by atoms with E-state index >= 15 is 0 Å². The molecular weight excluding hydrogens is 384 g/mol. The van der Waals surface area contributed by atoms with E-state index in [1.165, 1.54) is 48.4 Å². The number of rotatable bonds is 7. The molecule has 0 unspecified atom stereocenters. The number of anilines is 2. The molecule has 1 atom stereocenters. The molecule has 7 nitrogen and oxygen atoms in total. The molecule has 3 rings (SSSR count). The number of halogens is 2. The summed E-state index contributed by atoms with van der Waals surface area (Å²) in [6.45, 7) is 0.277. The van der Waals surface area contributed by atoms with Crippen LogP contribution in [-0.2, 0) is 14.3 Å². The second kappa shape index (κ2) is 8.78. The molecule has 9 heteroatoms. The van der Waals surface area contributed by atoms with Gasteiger partial charge in [-0.3, -0.25) is 9.59 Å². The molecular formula is C20H19F2N3O4. The predicted molar refractivity (Wildman–Crippen MR) is 101 cm³/mol. The van der Waals surface area contributed by atoms with Crippen LogP contribution in [0.1, 0.15) is 6.42 Å². The number of amides is 4. The van der Waals surface area contributed by atoms with Gasteiger partial charge in [0.1, 0.15) is 17.7 Å². The van der Waals surface area contributed by atoms with Gasteiger partial charge in [-0.1, -0.05) is 0 Å². The van der Waals surface area contributed by atoms with Crippen LogP contribution in [0.2, 0.25) is 0 Å². The molecule has 29 heavy (non-hydrogen) atoms. The highest BCUT2D eigenvalue weighted by atomic mass is 19.1. The quantitative estimate of drug-likeness (QED) is 0.721. The first-order valence-electron chi connectivity index (χ1n) is 8.85. The van der Waals surface area contributed by atoms with Gasteiger partial charge in [-0.05, 0) is 48.5 Å². The molecule has 1 saturated heterocycles. The van der Waals surface area contributed by atoms with E-state index in [0.29, 0.717) is 5.69 Å². The predicted octanol–water partition coefficient (Wildman–Crippen LogP) is 2.78. The fraction of sp³-hybridized carbons (Fsp3) is 0.250. The molecule has 0 aliphatic carbocycles. The molecule has 152 valence electrons. The monoisotopic (exact) mass is 403 g/mol. The molecule has 1 aliphatic heterocycles. The van der Waals surface area contributed by atoms with Gasteiger partial charge in [-0.25, -0.2) is 18.5 Å². The fourth-order valence-electron chi connectivity index (χ4n) is 3.03. The Morgan fingerprint density at radius 1 is 1.03 bits per heavy atom. The maximum Gasteiger partial charge on any atom is 0.332 e. The number of ether oxygens (including phenoxy) is 1. The number of hydrogen-bond acceptors (Lipinski definition) is 4. The van der Waals surface area contributed by atoms with E-state index in [1.807, 2.05) is 0 Å². The highest BCUT2D eigenvalue weighted by Crippen LogP contribution is 2.27. The average molecular weight is 403 g/mol. The standard InChI is InChI=1S/C20H19F2N3O4/c1-29-11-10-24-17(12-18(26)23-15-6-2-13(21)3-7-15)19(27)25(20(24)28)16-8-4-14(22)5-9-16/h2-9,17H,10-12H2,1H3,(H,23,26)/t17-/m1/s1. The number of imide groups is 1. The van der Waals surface area contributed by atoms with Crippen LogP contribution in [0.25, 0.3) is 0 Å². The molecule has 4 amide bonds. The lowest BCUT2D eigenvalue weighted by atomic mass is 10.1. The lowest BCUT2D eigenvalue weighted by Gasteiger charge is -2.21. The van der Waals surface area contributed by atoms with Crippen molar-refractivity contribution in [3.8, 4) is 0 Å². The number of benzene rings is 2. The first-order valence-corrected chi connectivity index (χ1v) is 8.85. The number of methoxy groups -OCH3 is 1. The van der Waals surface area contributed by atoms with Crippen molar-refractivity contribution >= 4 is 29.2 Å². The Morgan fingerprint density at radius 3 is 2.21 bits per heavy atom. The Kier molecular flexibility index (Phi) is 6.18. The number of hydrogen-bond donors (Lipinski definition) is 1. The van der Waals surface area contributed by atoms with E-state index in [-0.39, 0.29) is 25.3 Å². The summed E-state index contributed by atoms with van der Waals surface area (Å²) in [6, 6.07) is 8.45. The van der Waals surface area contributed by atoms with Gasteiger partial charge in [0, 0.05) is 19.3 Å². The Hall–Kier alpha value is -3.33. The minimum Gasteiger partial charge on any atom is -0.383 e. The molecule has 1 N–H and O–H groups in total. The third-order valence-electron chi connectivity index (χ3n) is 4.45. The van der Waals surface area contributed by atoms with Crippen LogP contribution in [0.5, 0.6) is 0 Å². The summed E-state index contributed by atoms with van der Waals surface area (Å²) >= 11 is 0. The fourth-order valence-corrected chi connectivity index (χ4v) is 3.03. The highest BCUT2D eigenvalue weighted by molar-refractivity contribution is 6.22. The van der Waals surface area contributed by atoms with E-state index in [4.69, 9.17) is 4.74 Å². The molecule has 2 aromatic carbocycles. The molecule has 0 bridgehead atoms. The molecule has 0 saturated carbocycles. The number of nitrogens with zero attached hydrogens (tertiary/aromatic N) is 2. The minimum atomic E-state index is -1.04. The van der Waals surface area contributed by atoms with Gasteiger partial charge in [0.05, 0.1) is 18.7 Å². The van der Waals surface area contributed by atoms with Gasteiger partial charge in [0.15, 0.2) is 0 Å². The number of urea groups is 1. The van der Waals surface area contributed by atoms with Gasteiger partial charge in [-0.15, -0.1) is 0 Å². The van der Waals surface area contributed by atoms with Crippen molar-refractivity contribution in [2.75, 3.05) is 30.5 Å². The third-order valence-corrected chi connectivity index (χ3v) is 4.45. The Balaban J connectivity index is 1.79. The summed E-state index contributed by atoms with van der Waals surface area (Å²) in [5.41, 5.74) is 0.581. The number of nitrogens with one attached hydrogen (secondary N) is 1. The topological polar surface area (TPSA) is 79.0 Å². The highest BCUT2D eigenvalue weighted by Gasteiger charge is 2.46. The minimum absolute atomic E-state index is 0.104. The van der Waals surface area contributed by atoms with Gasteiger partial charge in [-0.2, -0.15) is 0 Å². The van der Waals surface area contributed by atoms with Crippen molar-refractivity contribution < 1.29 is 27.9 Å². The van der Waals surface area contributed by atoms with Crippen molar-refractivity contribution in [1.82, 2.24) is 4.90 Å². The van der Waals surface area contributed by atoms with Crippen LogP contribution in [-0.4, -0.2) is 49.0 Å². The first-order chi connectivity index (χ1) is 13.9. The first kappa shape index (κ1) is 20.4. The van der Waals surface area contributed by atoms with Gasteiger partial charge in [0.2, 0.25) is 5.91 Å². The van der Waals surface area contributed by atoms with Crippen molar-refractivity contribution in [2.45, 2.75) is 12.5 Å². The molecule has 2 aromatic rings. The molecule has 0 spiro atoms. The summed E-state index contributed by atoms with van der Waals surface area (Å²) in [6.07, 6.45) is -0.288. The smallest absolute Gasteiger partial charge is 0.332 e. The molecule has 1 heterocycles. The maximum absolute atomic E-state index is 13.2. The Labute approximate surface area is 165 Å². The zero-order valence-corrected chi connectivity index (χ0v) is 15.6. The zero-order valence-electron chi connectivity index (χ0n) is 15.6. The van der Waals surface area contributed by atoms with E-state index in [2.05, 4.69) is 5.32 Å². The van der Waals surface area contributed by atoms with Crippen LogP contribution >= 0.6 is 0 Å². The van der Waals surface area contributed by atoms with Crippen molar-refractivity contribution in [1.29, 1.82) is 0 Å². The van der Waals surface area contributed by atoms with E-state index < -0.39 is 35.5 Å². The van der Waals surface area contributed by atoms with Gasteiger partial charge >= 0.3 is 6.03 Å². The number of carbonyl (C=O) groups excluding carboxylic acids is 3. The normalized spacial score (nSPS) is 16.4. The molecule has 1 aliphatic rings. The summed E-state index contributed by atoms with van der Waals surface area (Å²) < 4.78 is 31.2. The number of carbonyl (C=O) groups is 3. The lowest BCUT2D eigenvalue weighted by Crippen LogP contribution is -2.39. The Morgan fingerprint density at radius 2 is 1.62 bits per heavy atom. The zero-order chi connectivity index (χ0) is 21.0. The third kappa shape index (κ3) is 4.57. The summed E-state index contributed by atoms with van der Waals surface area (Å²) in [5.74, 6) is -2.04. The second-order valence-corrected chi connectivity index (χ2v) is 6.39. The average Bonchev–Trinajstić information content (AvgIpc) is 2.92. The van der Waals surface area contributed by atoms with Crippen LogP contribution in [0.3, 0.4) is 0 Å². The molecule has 0 aromatic heterocycles. The van der Waals surface area contributed by atoms with E-state index in [1.54, 1.807) is 0 Å². The van der Waals surface area contributed by atoms with Crippen molar-refractivity contribution in [3.63, 3.8) is 0 Å².